The van der Waals surface area contributed by atoms with Gasteiger partial charge < -0.3 is 10.0 Å². The molecule has 30 heavy (non-hydrogen) atoms. The molecule has 0 aliphatic rings. The summed E-state index contributed by atoms with van der Waals surface area (Å²) in [4.78, 5) is 7.13. The minimum absolute atomic E-state index is 0.239. The lowest BCUT2D eigenvalue weighted by molar-refractivity contribution is 0.429. The van der Waals surface area contributed by atoms with Crippen LogP contribution in [0.3, 0.4) is 0 Å². The largest absolute Gasteiger partial charge is 0.505 e. The van der Waals surface area contributed by atoms with Crippen LogP contribution in [0.1, 0.15) is 52.1 Å². The van der Waals surface area contributed by atoms with Crippen LogP contribution in [0.25, 0.3) is 22.0 Å². The summed E-state index contributed by atoms with van der Waals surface area (Å²) in [6.07, 6.45) is 4.96. The van der Waals surface area contributed by atoms with Crippen molar-refractivity contribution in [1.82, 2.24) is 4.98 Å². The molecule has 0 bridgehead atoms. The van der Waals surface area contributed by atoms with Gasteiger partial charge in [0.25, 0.3) is 0 Å². The molecular formula is C25H30F2N2O. The van der Waals surface area contributed by atoms with Gasteiger partial charge in [0.2, 0.25) is 0 Å². The maximum Gasteiger partial charge on any atom is 0.177 e. The Hall–Kier alpha value is -2.69. The number of phenolic OH excluding ortho intramolecular Hbond substituents is 1. The summed E-state index contributed by atoms with van der Waals surface area (Å²) in [6, 6.07) is 9.76. The van der Waals surface area contributed by atoms with Gasteiger partial charge in [-0.3, -0.25) is 0 Å². The van der Waals surface area contributed by atoms with Crippen molar-refractivity contribution >= 4 is 16.5 Å². The summed E-state index contributed by atoms with van der Waals surface area (Å²) in [6.45, 7) is 8.20. The smallest absolute Gasteiger partial charge is 0.177 e. The number of pyridine rings is 1. The second-order valence-electron chi connectivity index (χ2n) is 7.60. The number of anilines is 1. The van der Waals surface area contributed by atoms with Gasteiger partial charge in [-0.1, -0.05) is 57.9 Å². The van der Waals surface area contributed by atoms with Gasteiger partial charge in [-0.05, 0) is 31.4 Å². The Labute approximate surface area is 177 Å². The van der Waals surface area contributed by atoms with E-state index in [4.69, 9.17) is 4.98 Å². The summed E-state index contributed by atoms with van der Waals surface area (Å²) in [5.74, 6) is -2.28. The molecule has 0 unspecified atom stereocenters. The summed E-state index contributed by atoms with van der Waals surface area (Å²) < 4.78 is 29.4. The van der Waals surface area contributed by atoms with E-state index in [1.54, 1.807) is 0 Å². The molecule has 5 heteroatoms. The predicted molar refractivity (Wildman–Crippen MR) is 120 cm³/mol. The third-order valence-electron chi connectivity index (χ3n) is 5.48. The van der Waals surface area contributed by atoms with Crippen LogP contribution in [0.5, 0.6) is 5.75 Å². The van der Waals surface area contributed by atoms with Gasteiger partial charge in [0, 0.05) is 23.9 Å². The van der Waals surface area contributed by atoms with E-state index in [1.807, 2.05) is 31.2 Å². The molecule has 0 fully saturated rings. The first-order valence-corrected chi connectivity index (χ1v) is 10.9. The van der Waals surface area contributed by atoms with Crippen LogP contribution in [-0.2, 0) is 6.42 Å². The van der Waals surface area contributed by atoms with Crippen molar-refractivity contribution in [3.63, 3.8) is 0 Å². The van der Waals surface area contributed by atoms with Gasteiger partial charge in [-0.25, -0.2) is 13.8 Å². The van der Waals surface area contributed by atoms with E-state index in [1.165, 1.54) is 0 Å². The fourth-order valence-electron chi connectivity index (χ4n) is 3.88. The Kier molecular flexibility index (Phi) is 7.24. The quantitative estimate of drug-likeness (QED) is 0.417. The van der Waals surface area contributed by atoms with Crippen LogP contribution in [0, 0.1) is 11.6 Å². The van der Waals surface area contributed by atoms with Gasteiger partial charge in [-0.15, -0.1) is 0 Å². The average molecular weight is 413 g/mol. The molecule has 0 aliphatic carbocycles. The molecule has 3 rings (SSSR count). The molecule has 0 amide bonds. The van der Waals surface area contributed by atoms with E-state index in [0.717, 1.165) is 67.7 Å². The van der Waals surface area contributed by atoms with E-state index in [0.29, 0.717) is 11.8 Å². The molecule has 0 radical (unpaired) electrons. The molecule has 0 aliphatic heterocycles. The van der Waals surface area contributed by atoms with Crippen molar-refractivity contribution in [1.29, 1.82) is 0 Å². The molecule has 0 saturated carbocycles. The topological polar surface area (TPSA) is 36.4 Å². The Morgan fingerprint density at radius 1 is 0.900 bits per heavy atom. The minimum atomic E-state index is -0.976. The number of fused-ring (bicyclic) bond motifs is 1. The highest BCUT2D eigenvalue weighted by atomic mass is 19.1. The maximum atomic E-state index is 14.8. The number of aromatic hydroxyl groups is 1. The lowest BCUT2D eigenvalue weighted by Crippen LogP contribution is -2.27. The molecule has 1 N–H and O–H groups in total. The highest BCUT2D eigenvalue weighted by Crippen LogP contribution is 2.39. The number of halogens is 2. The Bertz CT molecular complexity index is 1010. The second-order valence-corrected chi connectivity index (χ2v) is 7.60. The zero-order valence-corrected chi connectivity index (χ0v) is 18.0. The van der Waals surface area contributed by atoms with E-state index in [9.17, 15) is 13.9 Å². The van der Waals surface area contributed by atoms with E-state index < -0.39 is 17.4 Å². The molecule has 0 saturated heterocycles. The van der Waals surface area contributed by atoms with Gasteiger partial charge in [0.05, 0.1) is 22.6 Å². The minimum Gasteiger partial charge on any atom is -0.505 e. The van der Waals surface area contributed by atoms with Gasteiger partial charge in [0.15, 0.2) is 11.6 Å². The highest BCUT2D eigenvalue weighted by molar-refractivity contribution is 6.03. The summed E-state index contributed by atoms with van der Waals surface area (Å²) >= 11 is 0. The Balaban J connectivity index is 2.30. The molecule has 2 aromatic carbocycles. The number of nitrogens with zero attached hydrogens (tertiary/aromatic N) is 2. The SMILES string of the molecule is CCCCN(CCCC)c1c(CC)nc(-c2c(F)ccc(O)c2F)c2ccccc12. The van der Waals surface area contributed by atoms with Crippen molar-refractivity contribution in [2.24, 2.45) is 0 Å². The fraction of sp³-hybridized carbons (Fsp3) is 0.400. The van der Waals surface area contributed by atoms with E-state index in [2.05, 4.69) is 18.7 Å². The first-order valence-electron chi connectivity index (χ1n) is 10.9. The number of benzene rings is 2. The normalized spacial score (nSPS) is 11.2. The number of unbranched alkanes of at least 4 members (excludes halogenated alkanes) is 2. The Morgan fingerprint density at radius 3 is 2.13 bits per heavy atom. The summed E-state index contributed by atoms with van der Waals surface area (Å²) in [5.41, 5.74) is 1.84. The van der Waals surface area contributed by atoms with Crippen molar-refractivity contribution in [2.75, 3.05) is 18.0 Å². The zero-order valence-electron chi connectivity index (χ0n) is 18.0. The lowest BCUT2D eigenvalue weighted by Gasteiger charge is -2.29. The first-order chi connectivity index (χ1) is 14.5. The first kappa shape index (κ1) is 22.0. The third kappa shape index (κ3) is 4.25. The maximum absolute atomic E-state index is 14.8. The average Bonchev–Trinajstić information content (AvgIpc) is 2.76. The van der Waals surface area contributed by atoms with Crippen LogP contribution in [0.4, 0.5) is 14.5 Å². The predicted octanol–water partition coefficient (Wildman–Crippen LogP) is 6.85. The van der Waals surface area contributed by atoms with Gasteiger partial charge in [0.1, 0.15) is 5.82 Å². The molecule has 1 heterocycles. The Morgan fingerprint density at radius 2 is 1.53 bits per heavy atom. The molecule has 3 aromatic rings. The summed E-state index contributed by atoms with van der Waals surface area (Å²) in [7, 11) is 0. The summed E-state index contributed by atoms with van der Waals surface area (Å²) in [5, 5.41) is 11.5. The standard InChI is InChI=1S/C25H30F2N2O/c1-4-7-15-29(16-8-5-2)25-18-12-10-9-11-17(18)24(28-20(25)6-3)22-19(26)13-14-21(30)23(22)27/h9-14,30H,4-8,15-16H2,1-3H3. The monoisotopic (exact) mass is 412 g/mol. The number of aryl methyl sites for hydroxylation is 1. The van der Waals surface area contributed by atoms with Crippen LogP contribution >= 0.6 is 0 Å². The van der Waals surface area contributed by atoms with Crippen molar-refractivity contribution in [2.45, 2.75) is 52.9 Å². The second kappa shape index (κ2) is 9.88. The molecule has 0 spiro atoms. The molecule has 0 atom stereocenters. The van der Waals surface area contributed by atoms with Crippen LogP contribution in [-0.4, -0.2) is 23.2 Å². The number of phenols is 1. The zero-order chi connectivity index (χ0) is 21.7. The van der Waals surface area contributed by atoms with Crippen molar-refractivity contribution < 1.29 is 13.9 Å². The van der Waals surface area contributed by atoms with Crippen LogP contribution < -0.4 is 4.90 Å². The molecular weight excluding hydrogens is 382 g/mol. The molecule has 160 valence electrons. The van der Waals surface area contributed by atoms with Crippen molar-refractivity contribution in [3.05, 3.63) is 53.7 Å². The van der Waals surface area contributed by atoms with E-state index >= 15 is 0 Å². The lowest BCUT2D eigenvalue weighted by atomic mass is 9.98. The molecule has 3 nitrogen and oxygen atoms in total. The number of hydrogen-bond donors (Lipinski definition) is 1. The number of hydrogen-bond acceptors (Lipinski definition) is 3. The van der Waals surface area contributed by atoms with Crippen LogP contribution in [0.2, 0.25) is 0 Å². The number of rotatable bonds is 9. The third-order valence-corrected chi connectivity index (χ3v) is 5.48. The number of aromatic nitrogens is 1. The fourth-order valence-corrected chi connectivity index (χ4v) is 3.88. The van der Waals surface area contributed by atoms with Crippen LogP contribution in [0.15, 0.2) is 36.4 Å². The highest BCUT2D eigenvalue weighted by Gasteiger charge is 2.23. The van der Waals surface area contributed by atoms with Crippen molar-refractivity contribution in [3.8, 4) is 17.0 Å². The van der Waals surface area contributed by atoms with Gasteiger partial charge in [-0.2, -0.15) is 0 Å². The van der Waals surface area contributed by atoms with Gasteiger partial charge >= 0.3 is 0 Å². The van der Waals surface area contributed by atoms with E-state index in [-0.39, 0.29) is 11.3 Å². The molecule has 1 aromatic heterocycles.